The summed E-state index contributed by atoms with van der Waals surface area (Å²) in [6.45, 7) is 4.18. The highest BCUT2D eigenvalue weighted by molar-refractivity contribution is 9.10. The first kappa shape index (κ1) is 21.6. The lowest BCUT2D eigenvalue weighted by molar-refractivity contribution is -0.118. The summed E-state index contributed by atoms with van der Waals surface area (Å²) in [5, 5.41) is 5.49. The van der Waals surface area contributed by atoms with E-state index in [0.717, 1.165) is 10.9 Å². The largest absolute Gasteiger partial charge is 0.483 e. The molecule has 0 spiro atoms. The molecule has 0 radical (unpaired) electrons. The van der Waals surface area contributed by atoms with Crippen molar-refractivity contribution in [3.63, 3.8) is 0 Å². The summed E-state index contributed by atoms with van der Waals surface area (Å²) in [6, 6.07) is 16.0. The van der Waals surface area contributed by atoms with Crippen LogP contribution in [0.2, 0.25) is 0 Å². The summed E-state index contributed by atoms with van der Waals surface area (Å²) in [6.07, 6.45) is 2.48. The maximum absolute atomic E-state index is 12.3. The van der Waals surface area contributed by atoms with Crippen LogP contribution in [0.15, 0.2) is 69.8 Å². The molecule has 0 saturated carbocycles. The predicted molar refractivity (Wildman–Crippen MR) is 120 cm³/mol. The third-order valence-electron chi connectivity index (χ3n) is 4.65. The third kappa shape index (κ3) is 5.73. The number of carbonyl (C=O) groups is 2. The first-order valence-electron chi connectivity index (χ1n) is 9.63. The van der Waals surface area contributed by atoms with E-state index in [0.29, 0.717) is 23.0 Å². The molecular weight excluding hydrogens is 448 g/mol. The van der Waals surface area contributed by atoms with Gasteiger partial charge in [0.05, 0.1) is 10.7 Å². The summed E-state index contributed by atoms with van der Waals surface area (Å²) in [7, 11) is 0. The Morgan fingerprint density at radius 3 is 2.50 bits per heavy atom. The summed E-state index contributed by atoms with van der Waals surface area (Å²) in [5.41, 5.74) is 2.31. The van der Waals surface area contributed by atoms with Crippen LogP contribution < -0.4 is 15.4 Å². The normalized spacial score (nSPS) is 11.6. The van der Waals surface area contributed by atoms with Crippen molar-refractivity contribution in [3.05, 3.63) is 76.7 Å². The van der Waals surface area contributed by atoms with E-state index in [-0.39, 0.29) is 24.2 Å². The van der Waals surface area contributed by atoms with Crippen LogP contribution in [0.1, 0.15) is 42.3 Å². The van der Waals surface area contributed by atoms with Gasteiger partial charge in [0.1, 0.15) is 5.75 Å². The summed E-state index contributed by atoms with van der Waals surface area (Å²) in [4.78, 5) is 24.4. The number of halogens is 1. The molecule has 2 aromatic carbocycles. The van der Waals surface area contributed by atoms with Crippen LogP contribution in [0.5, 0.6) is 5.75 Å². The minimum Gasteiger partial charge on any atom is -0.483 e. The van der Waals surface area contributed by atoms with E-state index < -0.39 is 0 Å². The number of carbonyl (C=O) groups excluding carboxylic acids is 2. The number of hydrogen-bond donors (Lipinski definition) is 2. The Morgan fingerprint density at radius 1 is 1.07 bits per heavy atom. The Morgan fingerprint density at radius 2 is 1.83 bits per heavy atom. The van der Waals surface area contributed by atoms with Crippen LogP contribution in [0.3, 0.4) is 0 Å². The van der Waals surface area contributed by atoms with Crippen LogP contribution >= 0.6 is 15.9 Å². The number of hydrogen-bond acceptors (Lipinski definition) is 4. The Labute approximate surface area is 183 Å². The molecule has 3 aromatic rings. The zero-order chi connectivity index (χ0) is 21.5. The van der Waals surface area contributed by atoms with Gasteiger partial charge in [0.15, 0.2) is 12.4 Å². The van der Waals surface area contributed by atoms with E-state index in [1.54, 1.807) is 36.4 Å². The Hall–Kier alpha value is -3.06. The van der Waals surface area contributed by atoms with Gasteiger partial charge in [-0.3, -0.25) is 9.59 Å². The van der Waals surface area contributed by atoms with Crippen molar-refractivity contribution < 1.29 is 18.7 Å². The molecule has 1 aromatic heterocycles. The lowest BCUT2D eigenvalue weighted by atomic mass is 9.99. The van der Waals surface area contributed by atoms with Crippen LogP contribution in [0, 0.1) is 0 Å². The third-order valence-corrected chi connectivity index (χ3v) is 5.26. The minimum atomic E-state index is -0.363. The smallest absolute Gasteiger partial charge is 0.291 e. The average Bonchev–Trinajstić information content (AvgIpc) is 3.27. The molecule has 0 fully saturated rings. The molecule has 0 saturated heterocycles. The van der Waals surface area contributed by atoms with E-state index in [2.05, 4.69) is 40.4 Å². The van der Waals surface area contributed by atoms with Crippen molar-refractivity contribution in [2.45, 2.75) is 26.2 Å². The van der Waals surface area contributed by atoms with Gasteiger partial charge in [0.2, 0.25) is 0 Å². The van der Waals surface area contributed by atoms with Crippen LogP contribution in [-0.4, -0.2) is 18.4 Å². The van der Waals surface area contributed by atoms with E-state index in [4.69, 9.17) is 9.15 Å². The van der Waals surface area contributed by atoms with Gasteiger partial charge in [-0.15, -0.1) is 0 Å². The second kappa shape index (κ2) is 10.1. The quantitative estimate of drug-likeness (QED) is 0.434. The molecule has 1 heterocycles. The van der Waals surface area contributed by atoms with Gasteiger partial charge in [-0.25, -0.2) is 0 Å². The van der Waals surface area contributed by atoms with Gasteiger partial charge in [-0.05, 0) is 76.3 Å². The van der Waals surface area contributed by atoms with Crippen molar-refractivity contribution >= 4 is 39.1 Å². The fraction of sp³-hybridized carbons (Fsp3) is 0.217. The standard InChI is InChI=1S/C23H23BrN2O4/c1-3-15(2)16-9-10-20(19(24)12-16)30-14-22(27)25-17-6-4-7-18(13-17)26-23(28)21-8-5-11-29-21/h4-13,15H,3,14H2,1-2H3,(H,25,27)(H,26,28). The number of benzene rings is 2. The van der Waals surface area contributed by atoms with Crippen molar-refractivity contribution in [2.24, 2.45) is 0 Å². The highest BCUT2D eigenvalue weighted by Crippen LogP contribution is 2.30. The second-order valence-corrected chi connectivity index (χ2v) is 7.70. The number of rotatable bonds is 8. The lowest BCUT2D eigenvalue weighted by Crippen LogP contribution is -2.20. The molecule has 3 rings (SSSR count). The number of amides is 2. The molecule has 0 aliphatic rings. The first-order chi connectivity index (χ1) is 14.5. The van der Waals surface area contributed by atoms with Crippen molar-refractivity contribution in [2.75, 3.05) is 17.2 Å². The zero-order valence-electron chi connectivity index (χ0n) is 16.8. The molecule has 2 amide bonds. The zero-order valence-corrected chi connectivity index (χ0v) is 18.4. The molecule has 30 heavy (non-hydrogen) atoms. The number of ether oxygens (including phenoxy) is 1. The summed E-state index contributed by atoms with van der Waals surface area (Å²) < 4.78 is 11.5. The molecule has 6 nitrogen and oxygen atoms in total. The van der Waals surface area contributed by atoms with Crippen molar-refractivity contribution in [1.29, 1.82) is 0 Å². The number of furan rings is 1. The molecule has 1 unspecified atom stereocenters. The van der Waals surface area contributed by atoms with Crippen molar-refractivity contribution in [1.82, 2.24) is 0 Å². The van der Waals surface area contributed by atoms with E-state index in [9.17, 15) is 9.59 Å². The highest BCUT2D eigenvalue weighted by Gasteiger charge is 2.11. The van der Waals surface area contributed by atoms with E-state index >= 15 is 0 Å². The van der Waals surface area contributed by atoms with Gasteiger partial charge in [0, 0.05) is 11.4 Å². The Kier molecular flexibility index (Phi) is 7.30. The second-order valence-electron chi connectivity index (χ2n) is 6.85. The summed E-state index contributed by atoms with van der Waals surface area (Å²) >= 11 is 3.51. The summed E-state index contributed by atoms with van der Waals surface area (Å²) in [5.74, 6) is 0.610. The fourth-order valence-electron chi connectivity index (χ4n) is 2.79. The Bertz CT molecular complexity index is 1020. The monoisotopic (exact) mass is 470 g/mol. The van der Waals surface area contributed by atoms with Gasteiger partial charge < -0.3 is 19.8 Å². The number of nitrogens with one attached hydrogen (secondary N) is 2. The molecule has 0 bridgehead atoms. The topological polar surface area (TPSA) is 80.6 Å². The molecule has 156 valence electrons. The lowest BCUT2D eigenvalue weighted by Gasteiger charge is -2.13. The Balaban J connectivity index is 1.56. The average molecular weight is 471 g/mol. The molecule has 7 heteroatoms. The van der Waals surface area contributed by atoms with Crippen LogP contribution in [0.25, 0.3) is 0 Å². The van der Waals surface area contributed by atoms with Gasteiger partial charge in [-0.1, -0.05) is 26.0 Å². The molecule has 1 atom stereocenters. The van der Waals surface area contributed by atoms with Gasteiger partial charge in [0.25, 0.3) is 11.8 Å². The fourth-order valence-corrected chi connectivity index (χ4v) is 3.30. The SMILES string of the molecule is CCC(C)c1ccc(OCC(=O)Nc2cccc(NC(=O)c3ccco3)c2)c(Br)c1. The minimum absolute atomic E-state index is 0.135. The predicted octanol–water partition coefficient (Wildman–Crippen LogP) is 5.83. The van der Waals surface area contributed by atoms with Crippen LogP contribution in [0.4, 0.5) is 11.4 Å². The van der Waals surface area contributed by atoms with Crippen molar-refractivity contribution in [3.8, 4) is 5.75 Å². The van der Waals surface area contributed by atoms with Crippen LogP contribution in [-0.2, 0) is 4.79 Å². The maximum atomic E-state index is 12.3. The van der Waals surface area contributed by atoms with E-state index in [1.165, 1.54) is 11.8 Å². The molecule has 0 aliphatic carbocycles. The maximum Gasteiger partial charge on any atom is 0.291 e. The van der Waals surface area contributed by atoms with Gasteiger partial charge in [-0.2, -0.15) is 0 Å². The number of anilines is 2. The first-order valence-corrected chi connectivity index (χ1v) is 10.4. The molecule has 0 aliphatic heterocycles. The highest BCUT2D eigenvalue weighted by atomic mass is 79.9. The van der Waals surface area contributed by atoms with Gasteiger partial charge >= 0.3 is 0 Å². The van der Waals surface area contributed by atoms with E-state index in [1.807, 2.05) is 18.2 Å². The molecular formula is C23H23BrN2O4. The molecule has 2 N–H and O–H groups in total.